The summed E-state index contributed by atoms with van der Waals surface area (Å²) in [6.45, 7) is 10.1. The lowest BCUT2D eigenvalue weighted by Gasteiger charge is -2.30. The van der Waals surface area contributed by atoms with Crippen LogP contribution < -0.4 is 98.2 Å². The predicted octanol–water partition coefficient (Wildman–Crippen LogP) is -8.67. The van der Waals surface area contributed by atoms with E-state index in [4.69, 9.17) is 34.4 Å². The second-order valence-corrected chi connectivity index (χ2v) is 25.0. The molecular weight excluding hydrogens is 1340 g/mol. The molecule has 0 aliphatic carbocycles. The van der Waals surface area contributed by atoms with Gasteiger partial charge in [-0.1, -0.05) is 61.8 Å². The second-order valence-electron chi connectivity index (χ2n) is 24.2. The molecule has 0 saturated carbocycles. The molecule has 39 nitrogen and oxygen atoms in total. The SMILES string of the molecule is CC[C@H](C)[C@H](NC(=O)[C@H](CCCN=C(N)N)NC(=O)[C@@H](N)CC(C)C)C(=O)N[C@H](C(=O)N[C@@H](CCC(N)=O)C(=O)N[C@@H](CS)C(=O)N[C@@H](CCCN=C(N)N)C(=O)N[C@@H](CO)C(=O)N[C@H](C(=O)N[C@@H](CCC(=O)O)C(=O)NCC(=O)N[C@@H](CO)C(=O)N[C@@H](CS)C(=O)O)C(C)C)C(C)C. The van der Waals surface area contributed by atoms with Gasteiger partial charge in [0, 0.05) is 37.4 Å². The van der Waals surface area contributed by atoms with Gasteiger partial charge in [-0.15, -0.1) is 0 Å². The summed E-state index contributed by atoms with van der Waals surface area (Å²) < 4.78 is 0. The number of amides is 13. The van der Waals surface area contributed by atoms with Crippen molar-refractivity contribution in [2.75, 3.05) is 44.4 Å². The van der Waals surface area contributed by atoms with Gasteiger partial charge in [0.2, 0.25) is 76.8 Å². The van der Waals surface area contributed by atoms with Gasteiger partial charge in [-0.25, -0.2) is 4.79 Å². The van der Waals surface area contributed by atoms with Crippen molar-refractivity contribution in [3.8, 4) is 0 Å². The average molecular weight is 1450 g/mol. The third-order valence-electron chi connectivity index (χ3n) is 14.8. The Morgan fingerprint density at radius 1 is 0.424 bits per heavy atom. The Morgan fingerprint density at radius 3 is 1.20 bits per heavy atom. The molecule has 0 spiro atoms. The first-order chi connectivity index (χ1) is 46.3. The van der Waals surface area contributed by atoms with E-state index in [1.54, 1.807) is 27.7 Å². The first-order valence-electron chi connectivity index (χ1n) is 31.9. The molecule has 0 aromatic rings. The van der Waals surface area contributed by atoms with Crippen molar-refractivity contribution < 1.29 is 92.3 Å². The third-order valence-corrected chi connectivity index (χ3v) is 15.5. The molecule has 0 aliphatic heterocycles. The number of aliphatic hydroxyl groups excluding tert-OH is 2. The first-order valence-corrected chi connectivity index (χ1v) is 33.2. The Hall–Kier alpha value is -8.83. The summed E-state index contributed by atoms with van der Waals surface area (Å²) in [7, 11) is 0. The number of carbonyl (C=O) groups is 15. The lowest BCUT2D eigenvalue weighted by Crippen LogP contribution is -2.62. The number of rotatable bonds is 49. The number of hydrogen-bond acceptors (Lipinski definition) is 22. The normalized spacial score (nSPS) is 15.0. The number of carbonyl (C=O) groups excluding carboxylic acids is 13. The Bertz CT molecular complexity index is 2810. The molecule has 13 atom stereocenters. The molecule has 0 unspecified atom stereocenters. The Kier molecular flexibility index (Phi) is 43.0. The summed E-state index contributed by atoms with van der Waals surface area (Å²) >= 11 is 8.05. The first kappa shape index (κ1) is 90.2. The van der Waals surface area contributed by atoms with Crippen LogP contribution >= 0.6 is 25.3 Å². The number of hydrogen-bond donors (Lipinski definition) is 24. The Morgan fingerprint density at radius 2 is 0.778 bits per heavy atom. The van der Waals surface area contributed by atoms with E-state index in [0.29, 0.717) is 12.8 Å². The summed E-state index contributed by atoms with van der Waals surface area (Å²) in [5, 5.41) is 67.2. The van der Waals surface area contributed by atoms with E-state index >= 15 is 0 Å². The van der Waals surface area contributed by atoms with E-state index in [0.717, 1.165) is 0 Å². The highest BCUT2D eigenvalue weighted by Crippen LogP contribution is 2.14. The monoisotopic (exact) mass is 1450 g/mol. The van der Waals surface area contributed by atoms with Gasteiger partial charge in [-0.2, -0.15) is 25.3 Å². The van der Waals surface area contributed by atoms with Crippen LogP contribution in [-0.4, -0.2) is 238 Å². The quantitative estimate of drug-likeness (QED) is 0.0116. The predicted molar refractivity (Wildman–Crippen MR) is 365 cm³/mol. The maximum absolute atomic E-state index is 14.2. The molecule has 0 fully saturated rings. The van der Waals surface area contributed by atoms with Crippen LogP contribution in [0.3, 0.4) is 0 Å². The fraction of sp³-hybridized carbons (Fsp3) is 0.707. The number of carboxylic acid groups (broad SMARTS) is 2. The van der Waals surface area contributed by atoms with E-state index < -0.39 is 230 Å². The average Bonchev–Trinajstić information content (AvgIpc) is 0.865. The van der Waals surface area contributed by atoms with Crippen LogP contribution in [-0.2, 0) is 71.9 Å². The molecule has 0 saturated heterocycles. The van der Waals surface area contributed by atoms with Crippen molar-refractivity contribution in [3.63, 3.8) is 0 Å². The molecule has 0 heterocycles. The van der Waals surface area contributed by atoms with Gasteiger partial charge in [-0.05, 0) is 68.6 Å². The van der Waals surface area contributed by atoms with Gasteiger partial charge in [-0.3, -0.25) is 77.1 Å². The number of guanidine groups is 2. The number of nitrogens with zero attached hydrogens (tertiary/aromatic N) is 2. The van der Waals surface area contributed by atoms with Crippen molar-refractivity contribution in [2.24, 2.45) is 68.1 Å². The van der Waals surface area contributed by atoms with Gasteiger partial charge in [0.25, 0.3) is 0 Å². The van der Waals surface area contributed by atoms with Gasteiger partial charge in [0.1, 0.15) is 66.5 Å². The van der Waals surface area contributed by atoms with Crippen molar-refractivity contribution in [1.29, 1.82) is 0 Å². The van der Waals surface area contributed by atoms with Crippen LogP contribution in [0.1, 0.15) is 120 Å². The summed E-state index contributed by atoms with van der Waals surface area (Å²) in [6, 6.07) is -18.2. The minimum Gasteiger partial charge on any atom is -0.481 e. The largest absolute Gasteiger partial charge is 0.481 e. The summed E-state index contributed by atoms with van der Waals surface area (Å²) in [6.07, 6.45) is -1.66. The van der Waals surface area contributed by atoms with Crippen molar-refractivity contribution >= 4 is 126 Å². The van der Waals surface area contributed by atoms with E-state index in [1.165, 1.54) is 13.8 Å². The molecule has 0 aromatic carbocycles. The minimum atomic E-state index is -1.88. The molecule has 13 amide bonds. The Labute approximate surface area is 584 Å². The smallest absolute Gasteiger partial charge is 0.327 e. The van der Waals surface area contributed by atoms with Gasteiger partial charge in [0.15, 0.2) is 11.9 Å². The molecule has 0 rings (SSSR count). The molecule has 0 aromatic heterocycles. The third kappa shape index (κ3) is 35.5. The fourth-order valence-electron chi connectivity index (χ4n) is 8.97. The number of aliphatic imine (C=N–C) groups is 2. The summed E-state index contributed by atoms with van der Waals surface area (Å²) in [5.74, 6) is -19.3. The number of thiol groups is 2. The molecular formula is C58H104N20O19S2. The number of nitrogens with two attached hydrogens (primary N) is 6. The van der Waals surface area contributed by atoms with Gasteiger partial charge in [0.05, 0.1) is 25.8 Å². The summed E-state index contributed by atoms with van der Waals surface area (Å²) in [4.78, 5) is 207. The zero-order valence-corrected chi connectivity index (χ0v) is 58.7. The lowest BCUT2D eigenvalue weighted by molar-refractivity contribution is -0.142. The molecule has 41 heteroatoms. The molecule has 0 radical (unpaired) electrons. The Balaban J connectivity index is 6.76. The number of aliphatic hydroxyl groups is 2. The zero-order valence-electron chi connectivity index (χ0n) is 56.9. The highest BCUT2D eigenvalue weighted by molar-refractivity contribution is 7.80. The minimum absolute atomic E-state index is 0.0272. The molecule has 99 heavy (non-hydrogen) atoms. The fourth-order valence-corrected chi connectivity index (χ4v) is 9.47. The molecule has 0 bridgehead atoms. The molecule has 28 N–H and O–H groups in total. The van der Waals surface area contributed by atoms with E-state index in [2.05, 4.69) is 99.0 Å². The lowest BCUT2D eigenvalue weighted by atomic mass is 9.95. The number of aliphatic carboxylic acids is 2. The highest BCUT2D eigenvalue weighted by atomic mass is 32.1. The van der Waals surface area contributed by atoms with Crippen LogP contribution in [0, 0.1) is 23.7 Å². The van der Waals surface area contributed by atoms with E-state index in [1.807, 2.05) is 13.8 Å². The van der Waals surface area contributed by atoms with Crippen LogP contribution in [0.4, 0.5) is 0 Å². The second kappa shape index (κ2) is 47.2. The van der Waals surface area contributed by atoms with Gasteiger partial charge < -0.3 is 119 Å². The van der Waals surface area contributed by atoms with E-state index in [-0.39, 0.29) is 62.4 Å². The van der Waals surface area contributed by atoms with Crippen LogP contribution in [0.2, 0.25) is 0 Å². The van der Waals surface area contributed by atoms with Crippen molar-refractivity contribution in [1.82, 2.24) is 63.8 Å². The van der Waals surface area contributed by atoms with Crippen molar-refractivity contribution in [2.45, 2.75) is 192 Å². The topological polar surface area (TPSA) is 662 Å². The standard InChI is InChI=1S/C58H104N20O19S2/c1-9-29(8)44(78-49(89)32(13-11-19-66-58(63)64)69-45(85)30(59)20-26(2)3)55(95)77-43(28(6)7)54(94)72-34(14-16-39(60)81)48(88)74-37(24-98)52(92)70-31(12-10-18-65-57(61)62)47(87)73-36(23-80)51(91)76-42(27(4)5)53(93)71-33(15-17-41(83)84)46(86)67-21-40(82)68-35(22-79)50(90)75-38(25-99)56(96)97/h26-38,42-44,79-80,98-99H,9-25,59H2,1-8H3,(H2,60,81)(H,67,86)(H,68,82)(H,69,85)(H,70,92)(H,71,93)(H,72,94)(H,73,87)(H,74,88)(H,75,90)(H,76,91)(H,77,95)(H,78,89)(H,83,84)(H,96,97)(H4,61,62,65)(H4,63,64,66)/t29-,30-,31-,32-,33-,34-,35-,36-,37-,38-,42-,43-,44-/m0/s1. The molecule has 0 aliphatic rings. The van der Waals surface area contributed by atoms with Crippen LogP contribution in [0.25, 0.3) is 0 Å². The maximum atomic E-state index is 14.2. The van der Waals surface area contributed by atoms with Gasteiger partial charge >= 0.3 is 11.9 Å². The molecule has 562 valence electrons. The van der Waals surface area contributed by atoms with Crippen LogP contribution in [0.15, 0.2) is 9.98 Å². The number of nitrogens with one attached hydrogen (secondary N) is 12. The highest BCUT2D eigenvalue weighted by Gasteiger charge is 2.38. The number of primary amides is 1. The van der Waals surface area contributed by atoms with E-state index in [9.17, 15) is 92.3 Å². The summed E-state index contributed by atoms with van der Waals surface area (Å²) in [5.41, 5.74) is 33.4. The maximum Gasteiger partial charge on any atom is 0.327 e. The zero-order chi connectivity index (χ0) is 76.0. The van der Waals surface area contributed by atoms with Crippen molar-refractivity contribution in [3.05, 3.63) is 0 Å². The van der Waals surface area contributed by atoms with Crippen LogP contribution in [0.5, 0.6) is 0 Å². The number of carboxylic acids is 2.